The van der Waals surface area contributed by atoms with E-state index in [-0.39, 0.29) is 18.3 Å². The number of aryl methyl sites for hydroxylation is 1. The summed E-state index contributed by atoms with van der Waals surface area (Å²) in [5.41, 5.74) is 2.41. The third-order valence-corrected chi connectivity index (χ3v) is 3.38. The second-order valence-corrected chi connectivity index (χ2v) is 4.31. The van der Waals surface area contributed by atoms with E-state index in [9.17, 15) is 4.79 Å². The molecule has 2 aliphatic heterocycles. The van der Waals surface area contributed by atoms with Gasteiger partial charge in [0.2, 0.25) is 0 Å². The molecule has 1 fully saturated rings. The Morgan fingerprint density at radius 2 is 2.38 bits per heavy atom. The molecule has 3 nitrogen and oxygen atoms in total. The summed E-state index contributed by atoms with van der Waals surface area (Å²) in [6, 6.07) is 6.09. The van der Waals surface area contributed by atoms with Gasteiger partial charge in [0.25, 0.3) is 0 Å². The van der Waals surface area contributed by atoms with Crippen LogP contribution in [0.5, 0.6) is 5.75 Å². The molecule has 0 bridgehead atoms. The number of carbonyl (C=O) groups excluding carboxylic acids is 1. The fraction of sp³-hybridized carbons (Fsp3) is 0.462. The highest BCUT2D eigenvalue weighted by Crippen LogP contribution is 2.46. The molecule has 3 heteroatoms. The summed E-state index contributed by atoms with van der Waals surface area (Å²) in [6.45, 7) is 2.12. The van der Waals surface area contributed by atoms with Crippen molar-refractivity contribution in [3.05, 3.63) is 29.3 Å². The second-order valence-electron chi connectivity index (χ2n) is 4.31. The molecule has 0 aliphatic carbocycles. The molecule has 0 saturated carbocycles. The van der Waals surface area contributed by atoms with Gasteiger partial charge in [-0.05, 0) is 18.1 Å². The molecule has 0 spiro atoms. The van der Waals surface area contributed by atoms with Crippen LogP contribution >= 0.6 is 0 Å². The average Bonchev–Trinajstić information content (AvgIpc) is 2.84. The Hall–Kier alpha value is -1.35. The van der Waals surface area contributed by atoms with Crippen molar-refractivity contribution in [1.29, 1.82) is 0 Å². The lowest BCUT2D eigenvalue weighted by Crippen LogP contribution is -2.13. The van der Waals surface area contributed by atoms with Crippen molar-refractivity contribution in [3.63, 3.8) is 0 Å². The molecule has 1 aromatic rings. The van der Waals surface area contributed by atoms with Crippen LogP contribution < -0.4 is 4.74 Å². The van der Waals surface area contributed by atoms with Gasteiger partial charge in [0.1, 0.15) is 30.3 Å². The van der Waals surface area contributed by atoms with E-state index in [0.717, 1.165) is 24.0 Å². The van der Waals surface area contributed by atoms with Crippen LogP contribution in [0.3, 0.4) is 0 Å². The van der Waals surface area contributed by atoms with Crippen LogP contribution in [0.1, 0.15) is 30.6 Å². The molecule has 16 heavy (non-hydrogen) atoms. The Bertz CT molecular complexity index is 427. The van der Waals surface area contributed by atoms with Gasteiger partial charge in [0.05, 0.1) is 0 Å². The molecule has 0 N–H and O–H groups in total. The van der Waals surface area contributed by atoms with E-state index in [2.05, 4.69) is 13.0 Å². The number of aldehydes is 1. The fourth-order valence-electron chi connectivity index (χ4n) is 2.62. The number of hydrogen-bond acceptors (Lipinski definition) is 3. The number of fused-ring (bicyclic) bond motifs is 3. The summed E-state index contributed by atoms with van der Waals surface area (Å²) < 4.78 is 11.5. The van der Waals surface area contributed by atoms with Gasteiger partial charge >= 0.3 is 0 Å². The Morgan fingerprint density at radius 3 is 3.12 bits per heavy atom. The Labute approximate surface area is 94.4 Å². The van der Waals surface area contributed by atoms with Crippen molar-refractivity contribution in [2.45, 2.75) is 38.1 Å². The highest BCUT2D eigenvalue weighted by molar-refractivity contribution is 5.58. The van der Waals surface area contributed by atoms with E-state index in [4.69, 9.17) is 9.47 Å². The summed E-state index contributed by atoms with van der Waals surface area (Å²) >= 11 is 0. The zero-order valence-corrected chi connectivity index (χ0v) is 9.18. The first kappa shape index (κ1) is 9.85. The summed E-state index contributed by atoms with van der Waals surface area (Å²) in [6.07, 6.45) is 2.19. The predicted octanol–water partition coefficient (Wildman–Crippen LogP) is 2.04. The minimum absolute atomic E-state index is 0.0258. The standard InChI is InChI=1S/C13H14O3/c1-2-8-4-3-5-10-12(8)13-11(16-10)6-9(7-14)15-13/h3-5,7,9,11,13H,2,6H2,1H3/t9-,11+,13-/m1/s1. The number of rotatable bonds is 2. The van der Waals surface area contributed by atoms with Gasteiger partial charge < -0.3 is 14.3 Å². The Balaban J connectivity index is 2.00. The molecule has 0 aromatic heterocycles. The number of hydrogen-bond donors (Lipinski definition) is 0. The number of ether oxygens (including phenoxy) is 2. The second kappa shape index (κ2) is 3.59. The van der Waals surface area contributed by atoms with Crippen LogP contribution in [0.15, 0.2) is 18.2 Å². The molecular formula is C13H14O3. The topological polar surface area (TPSA) is 35.5 Å². The fourth-order valence-corrected chi connectivity index (χ4v) is 2.62. The highest BCUT2D eigenvalue weighted by atomic mass is 16.6. The average molecular weight is 218 g/mol. The molecular weight excluding hydrogens is 204 g/mol. The maximum atomic E-state index is 10.7. The molecule has 1 aromatic carbocycles. The van der Waals surface area contributed by atoms with E-state index in [1.165, 1.54) is 5.56 Å². The van der Waals surface area contributed by atoms with Crippen LogP contribution in [0.25, 0.3) is 0 Å². The lowest BCUT2D eigenvalue weighted by Gasteiger charge is -2.11. The maximum Gasteiger partial charge on any atom is 0.148 e. The van der Waals surface area contributed by atoms with Crippen molar-refractivity contribution < 1.29 is 14.3 Å². The molecule has 3 rings (SSSR count). The SMILES string of the molecule is CCc1cccc2c1[C@@H]1O[C@@H](C=O)C[C@@H]1O2. The maximum absolute atomic E-state index is 10.7. The number of benzene rings is 1. The van der Waals surface area contributed by atoms with Crippen molar-refractivity contribution in [1.82, 2.24) is 0 Å². The van der Waals surface area contributed by atoms with Gasteiger partial charge in [-0.2, -0.15) is 0 Å². The Kier molecular flexibility index (Phi) is 2.21. The molecule has 3 atom stereocenters. The molecule has 1 saturated heterocycles. The van der Waals surface area contributed by atoms with Gasteiger partial charge in [0, 0.05) is 12.0 Å². The van der Waals surface area contributed by atoms with Crippen LogP contribution in [0, 0.1) is 0 Å². The summed E-state index contributed by atoms with van der Waals surface area (Å²) in [5.74, 6) is 0.929. The van der Waals surface area contributed by atoms with E-state index >= 15 is 0 Å². The molecule has 0 unspecified atom stereocenters. The highest BCUT2D eigenvalue weighted by Gasteiger charge is 2.44. The van der Waals surface area contributed by atoms with E-state index in [1.54, 1.807) is 0 Å². The lowest BCUT2D eigenvalue weighted by molar-refractivity contribution is -0.117. The molecule has 2 heterocycles. The Morgan fingerprint density at radius 1 is 1.50 bits per heavy atom. The first-order valence-electron chi connectivity index (χ1n) is 5.72. The van der Waals surface area contributed by atoms with E-state index in [0.29, 0.717) is 6.42 Å². The first-order valence-corrected chi connectivity index (χ1v) is 5.72. The zero-order chi connectivity index (χ0) is 11.1. The normalized spacial score (nSPS) is 30.7. The van der Waals surface area contributed by atoms with Crippen molar-refractivity contribution in [3.8, 4) is 5.75 Å². The van der Waals surface area contributed by atoms with Crippen molar-refractivity contribution in [2.75, 3.05) is 0 Å². The van der Waals surface area contributed by atoms with Gasteiger partial charge in [-0.1, -0.05) is 19.1 Å². The van der Waals surface area contributed by atoms with Gasteiger partial charge in [-0.3, -0.25) is 0 Å². The van der Waals surface area contributed by atoms with Crippen LogP contribution in [-0.4, -0.2) is 18.5 Å². The van der Waals surface area contributed by atoms with Gasteiger partial charge in [-0.25, -0.2) is 0 Å². The number of carbonyl (C=O) groups is 1. The third kappa shape index (κ3) is 1.28. The molecule has 0 radical (unpaired) electrons. The molecule has 2 aliphatic rings. The third-order valence-electron chi connectivity index (χ3n) is 3.38. The monoisotopic (exact) mass is 218 g/mol. The largest absolute Gasteiger partial charge is 0.487 e. The molecule has 0 amide bonds. The van der Waals surface area contributed by atoms with Crippen molar-refractivity contribution >= 4 is 6.29 Å². The van der Waals surface area contributed by atoms with Crippen molar-refractivity contribution in [2.24, 2.45) is 0 Å². The summed E-state index contributed by atoms with van der Waals surface area (Å²) in [5, 5.41) is 0. The minimum atomic E-state index is -0.298. The zero-order valence-electron chi connectivity index (χ0n) is 9.18. The smallest absolute Gasteiger partial charge is 0.148 e. The lowest BCUT2D eigenvalue weighted by atomic mass is 9.99. The minimum Gasteiger partial charge on any atom is -0.487 e. The summed E-state index contributed by atoms with van der Waals surface area (Å²) in [7, 11) is 0. The van der Waals surface area contributed by atoms with Crippen LogP contribution in [-0.2, 0) is 16.0 Å². The molecule has 84 valence electrons. The van der Waals surface area contributed by atoms with E-state index in [1.807, 2.05) is 12.1 Å². The van der Waals surface area contributed by atoms with Gasteiger partial charge in [-0.15, -0.1) is 0 Å². The summed E-state index contributed by atoms with van der Waals surface area (Å²) in [4.78, 5) is 10.7. The first-order chi connectivity index (χ1) is 7.83. The van der Waals surface area contributed by atoms with E-state index < -0.39 is 0 Å². The predicted molar refractivity (Wildman–Crippen MR) is 58.5 cm³/mol. The quantitative estimate of drug-likeness (QED) is 0.712. The van der Waals surface area contributed by atoms with Crippen LogP contribution in [0.2, 0.25) is 0 Å². The van der Waals surface area contributed by atoms with Crippen LogP contribution in [0.4, 0.5) is 0 Å². The van der Waals surface area contributed by atoms with Gasteiger partial charge in [0.15, 0.2) is 0 Å².